The molecule has 0 bridgehead atoms. The molecule has 0 fully saturated rings. The van der Waals surface area contributed by atoms with E-state index in [-0.39, 0.29) is 5.78 Å². The molecule has 0 spiro atoms. The van der Waals surface area contributed by atoms with Crippen molar-refractivity contribution in [3.8, 4) is 0 Å². The number of Topliss-reactive ketones (excluding diaryl/α,β-unsaturated/α-hetero) is 1. The zero-order valence-electron chi connectivity index (χ0n) is 9.45. The number of aryl methyl sites for hydroxylation is 1. The second kappa shape index (κ2) is 6.30. The lowest BCUT2D eigenvalue weighted by Gasteiger charge is -2.13. The van der Waals surface area contributed by atoms with E-state index in [1.54, 1.807) is 23.1 Å². The van der Waals surface area contributed by atoms with Crippen molar-refractivity contribution in [3.05, 3.63) is 21.9 Å². The van der Waals surface area contributed by atoms with Crippen LogP contribution < -0.4 is 0 Å². The molecule has 0 aromatic carbocycles. The summed E-state index contributed by atoms with van der Waals surface area (Å²) in [4.78, 5) is 15.9. The lowest BCUT2D eigenvalue weighted by molar-refractivity contribution is 0.0953. The van der Waals surface area contributed by atoms with E-state index in [2.05, 4.69) is 11.2 Å². The second-order valence-corrected chi connectivity index (χ2v) is 5.84. The van der Waals surface area contributed by atoms with Crippen LogP contribution in [0, 0.1) is 6.92 Å². The van der Waals surface area contributed by atoms with Gasteiger partial charge in [-0.2, -0.15) is 11.8 Å². The molecule has 1 aromatic heterocycles. The third kappa shape index (κ3) is 4.36. The summed E-state index contributed by atoms with van der Waals surface area (Å²) in [6.07, 6.45) is 2.08. The first-order valence-corrected chi connectivity index (χ1v) is 7.11. The summed E-state index contributed by atoms with van der Waals surface area (Å²) in [7, 11) is 1.99. The van der Waals surface area contributed by atoms with Crippen LogP contribution in [0.4, 0.5) is 0 Å². The van der Waals surface area contributed by atoms with Gasteiger partial charge in [0.1, 0.15) is 0 Å². The highest BCUT2D eigenvalue weighted by Gasteiger charge is 2.10. The Morgan fingerprint density at radius 1 is 1.53 bits per heavy atom. The predicted molar refractivity (Wildman–Crippen MR) is 69.3 cm³/mol. The van der Waals surface area contributed by atoms with Gasteiger partial charge >= 0.3 is 0 Å². The molecule has 0 unspecified atom stereocenters. The van der Waals surface area contributed by atoms with Crippen LogP contribution >= 0.6 is 23.1 Å². The molecule has 0 aliphatic heterocycles. The zero-order valence-corrected chi connectivity index (χ0v) is 11.1. The van der Waals surface area contributed by atoms with Crippen molar-refractivity contribution >= 4 is 28.9 Å². The molecule has 0 N–H and O–H groups in total. The minimum absolute atomic E-state index is 0.233. The number of rotatable bonds is 6. The van der Waals surface area contributed by atoms with E-state index in [0.29, 0.717) is 6.54 Å². The van der Waals surface area contributed by atoms with Gasteiger partial charge in [0.25, 0.3) is 0 Å². The largest absolute Gasteiger partial charge is 0.298 e. The normalized spacial score (nSPS) is 10.9. The molecule has 4 heteroatoms. The number of nitrogens with zero attached hydrogens (tertiary/aromatic N) is 1. The van der Waals surface area contributed by atoms with E-state index in [4.69, 9.17) is 0 Å². The van der Waals surface area contributed by atoms with E-state index in [1.807, 2.05) is 26.1 Å². The van der Waals surface area contributed by atoms with E-state index >= 15 is 0 Å². The van der Waals surface area contributed by atoms with Crippen LogP contribution in [0.1, 0.15) is 14.5 Å². The molecule has 0 saturated carbocycles. The van der Waals surface area contributed by atoms with Crippen molar-refractivity contribution in [2.45, 2.75) is 6.92 Å². The average Bonchev–Trinajstić information content (AvgIpc) is 2.61. The molecule has 0 amide bonds. The van der Waals surface area contributed by atoms with Crippen molar-refractivity contribution in [1.82, 2.24) is 4.90 Å². The Hall–Kier alpha value is -0.320. The Balaban J connectivity index is 2.42. The molecule has 1 rings (SSSR count). The molecular formula is C11H17NOS2. The van der Waals surface area contributed by atoms with Crippen LogP contribution in [0.3, 0.4) is 0 Å². The maximum absolute atomic E-state index is 11.8. The van der Waals surface area contributed by atoms with Crippen LogP contribution in [-0.2, 0) is 0 Å². The number of likely N-dealkylation sites (N-methyl/N-ethyl adjacent to an activating group) is 1. The van der Waals surface area contributed by atoms with Crippen LogP contribution in [-0.4, -0.2) is 42.8 Å². The van der Waals surface area contributed by atoms with Gasteiger partial charge in [-0.25, -0.2) is 0 Å². The van der Waals surface area contributed by atoms with Gasteiger partial charge in [0.2, 0.25) is 0 Å². The second-order valence-electron chi connectivity index (χ2n) is 3.56. The standard InChI is InChI=1S/C11H17NOS2/c1-9-4-5-11(15-9)10(13)8-12(2)6-7-14-3/h4-5H,6-8H2,1-3H3. The van der Waals surface area contributed by atoms with E-state index < -0.39 is 0 Å². The van der Waals surface area contributed by atoms with Gasteiger partial charge in [0.05, 0.1) is 11.4 Å². The summed E-state index contributed by atoms with van der Waals surface area (Å²) in [6, 6.07) is 3.92. The number of hydrogen-bond donors (Lipinski definition) is 0. The Bertz CT molecular complexity index is 322. The predicted octanol–water partition coefficient (Wildman–Crippen LogP) is 2.53. The summed E-state index contributed by atoms with van der Waals surface area (Å²) in [6.45, 7) is 3.52. The monoisotopic (exact) mass is 243 g/mol. The average molecular weight is 243 g/mol. The van der Waals surface area contributed by atoms with Crippen LogP contribution in [0.25, 0.3) is 0 Å². The molecule has 84 valence electrons. The number of thiophene rings is 1. The number of hydrogen-bond acceptors (Lipinski definition) is 4. The maximum atomic E-state index is 11.8. The van der Waals surface area contributed by atoms with Crippen molar-refractivity contribution in [2.24, 2.45) is 0 Å². The molecule has 0 aliphatic carbocycles. The van der Waals surface area contributed by atoms with Gasteiger partial charge in [-0.05, 0) is 32.4 Å². The molecule has 0 saturated heterocycles. The van der Waals surface area contributed by atoms with E-state index in [9.17, 15) is 4.79 Å². The van der Waals surface area contributed by atoms with Gasteiger partial charge < -0.3 is 0 Å². The van der Waals surface area contributed by atoms with Crippen LogP contribution in [0.2, 0.25) is 0 Å². The Labute approximate surface area is 99.7 Å². The molecule has 15 heavy (non-hydrogen) atoms. The summed E-state index contributed by atoms with van der Waals surface area (Å²) in [5.74, 6) is 1.31. The van der Waals surface area contributed by atoms with Gasteiger partial charge in [-0.3, -0.25) is 9.69 Å². The summed E-state index contributed by atoms with van der Waals surface area (Å²) < 4.78 is 0. The van der Waals surface area contributed by atoms with Crippen molar-refractivity contribution in [1.29, 1.82) is 0 Å². The van der Waals surface area contributed by atoms with Crippen molar-refractivity contribution < 1.29 is 4.79 Å². The van der Waals surface area contributed by atoms with Crippen molar-refractivity contribution in [3.63, 3.8) is 0 Å². The molecule has 0 radical (unpaired) electrons. The maximum Gasteiger partial charge on any atom is 0.186 e. The first kappa shape index (κ1) is 12.7. The molecule has 1 aromatic rings. The van der Waals surface area contributed by atoms with Gasteiger partial charge in [0, 0.05) is 17.2 Å². The molecule has 2 nitrogen and oxygen atoms in total. The number of carbonyl (C=O) groups excluding carboxylic acids is 1. The first-order valence-electron chi connectivity index (χ1n) is 4.90. The summed E-state index contributed by atoms with van der Waals surface area (Å²) in [5.41, 5.74) is 0. The number of carbonyl (C=O) groups is 1. The fourth-order valence-corrected chi connectivity index (χ4v) is 2.53. The lowest BCUT2D eigenvalue weighted by Crippen LogP contribution is -2.27. The lowest BCUT2D eigenvalue weighted by atomic mass is 10.3. The quantitative estimate of drug-likeness (QED) is 0.716. The topological polar surface area (TPSA) is 20.3 Å². The highest BCUT2D eigenvalue weighted by molar-refractivity contribution is 7.98. The Morgan fingerprint density at radius 3 is 2.80 bits per heavy atom. The first-order chi connectivity index (χ1) is 7.13. The van der Waals surface area contributed by atoms with Gasteiger partial charge in [-0.15, -0.1) is 11.3 Å². The minimum Gasteiger partial charge on any atom is -0.298 e. The minimum atomic E-state index is 0.233. The molecule has 0 atom stereocenters. The molecular weight excluding hydrogens is 226 g/mol. The third-order valence-electron chi connectivity index (χ3n) is 2.11. The SMILES string of the molecule is CSCCN(C)CC(=O)c1ccc(C)s1. The molecule has 0 aliphatic rings. The zero-order chi connectivity index (χ0) is 11.3. The Kier molecular flexibility index (Phi) is 5.36. The smallest absolute Gasteiger partial charge is 0.186 e. The van der Waals surface area contributed by atoms with Crippen LogP contribution in [0.15, 0.2) is 12.1 Å². The Morgan fingerprint density at radius 2 is 2.27 bits per heavy atom. The highest BCUT2D eigenvalue weighted by Crippen LogP contribution is 2.15. The van der Waals surface area contributed by atoms with E-state index in [0.717, 1.165) is 17.2 Å². The highest BCUT2D eigenvalue weighted by atomic mass is 32.2. The summed E-state index contributed by atoms with van der Waals surface area (Å²) >= 11 is 3.39. The number of thioether (sulfide) groups is 1. The molecule has 1 heterocycles. The summed E-state index contributed by atoms with van der Waals surface area (Å²) in [5, 5.41) is 0. The third-order valence-corrected chi connectivity index (χ3v) is 3.74. The van der Waals surface area contributed by atoms with E-state index in [1.165, 1.54) is 4.88 Å². The number of ketones is 1. The fraction of sp³-hybridized carbons (Fsp3) is 0.545. The van der Waals surface area contributed by atoms with Crippen LogP contribution in [0.5, 0.6) is 0 Å². The van der Waals surface area contributed by atoms with Crippen molar-refractivity contribution in [2.75, 3.05) is 32.1 Å². The van der Waals surface area contributed by atoms with Gasteiger partial charge in [-0.1, -0.05) is 0 Å². The fourth-order valence-electron chi connectivity index (χ4n) is 1.23. The van der Waals surface area contributed by atoms with Gasteiger partial charge in [0.15, 0.2) is 5.78 Å².